The molecule has 0 N–H and O–H groups in total. The molecule has 0 radical (unpaired) electrons. The van der Waals surface area contributed by atoms with Crippen molar-refractivity contribution in [3.8, 4) is 5.69 Å². The van der Waals surface area contributed by atoms with E-state index in [1.807, 2.05) is 71.5 Å². The highest BCUT2D eigenvalue weighted by atomic mass is 32.2. The maximum absolute atomic E-state index is 14.1. The number of fused-ring (bicyclic) bond motifs is 1. The fraction of sp³-hybridized carbons (Fsp3) is 0.303. The maximum atomic E-state index is 14.1. The van der Waals surface area contributed by atoms with E-state index >= 15 is 0 Å². The van der Waals surface area contributed by atoms with E-state index in [9.17, 15) is 9.59 Å². The fourth-order valence-corrected chi connectivity index (χ4v) is 6.78. The van der Waals surface area contributed by atoms with Gasteiger partial charge in [0.2, 0.25) is 0 Å². The van der Waals surface area contributed by atoms with Gasteiger partial charge in [0, 0.05) is 41.8 Å². The first-order valence-electron chi connectivity index (χ1n) is 13.8. The highest BCUT2D eigenvalue weighted by Gasteiger charge is 2.33. The number of aromatic nitrogens is 2. The summed E-state index contributed by atoms with van der Waals surface area (Å²) in [5.74, 6) is -0.455. The van der Waals surface area contributed by atoms with Crippen molar-refractivity contribution in [1.82, 2.24) is 9.13 Å². The molecule has 1 aliphatic heterocycles. The Morgan fingerprint density at radius 3 is 2.33 bits per heavy atom. The van der Waals surface area contributed by atoms with Gasteiger partial charge in [0.25, 0.3) is 5.56 Å². The number of hydrogen-bond donors (Lipinski definition) is 0. The topological polar surface area (TPSA) is 68.8 Å². The van der Waals surface area contributed by atoms with Crippen LogP contribution in [0.15, 0.2) is 80.5 Å². The Labute approximate surface area is 254 Å². The van der Waals surface area contributed by atoms with Crippen molar-refractivity contribution in [3.05, 3.63) is 108 Å². The zero-order chi connectivity index (χ0) is 30.3. The molecule has 0 spiro atoms. The number of aryl methyl sites for hydroxylation is 1. The minimum Gasteiger partial charge on any atom is -0.459 e. The molecule has 5 rings (SSSR count). The quantitative estimate of drug-likeness (QED) is 0.210. The van der Waals surface area contributed by atoms with Gasteiger partial charge in [-0.25, -0.2) is 9.79 Å². The third-order valence-electron chi connectivity index (χ3n) is 7.40. The summed E-state index contributed by atoms with van der Waals surface area (Å²) in [5, 5.41) is 0. The highest BCUT2D eigenvalue weighted by molar-refractivity contribution is 7.98. The first-order chi connectivity index (χ1) is 20.0. The van der Waals surface area contributed by atoms with Gasteiger partial charge in [0.05, 0.1) is 27.9 Å². The number of anilines is 1. The normalized spacial score (nSPS) is 15.2. The first kappa shape index (κ1) is 29.7. The second-order valence-corrected chi connectivity index (χ2v) is 12.8. The number of allylic oxidation sites excluding steroid dienone is 1. The highest BCUT2D eigenvalue weighted by Crippen LogP contribution is 2.32. The van der Waals surface area contributed by atoms with Crippen molar-refractivity contribution in [2.75, 3.05) is 25.3 Å². The Hall–Kier alpha value is -3.82. The number of esters is 1. The van der Waals surface area contributed by atoms with E-state index in [2.05, 4.69) is 53.6 Å². The molecule has 1 aliphatic rings. The van der Waals surface area contributed by atoms with Crippen LogP contribution in [0.25, 0.3) is 11.8 Å². The molecule has 2 aromatic heterocycles. The van der Waals surface area contributed by atoms with E-state index in [1.54, 1.807) is 16.3 Å². The van der Waals surface area contributed by atoms with Crippen molar-refractivity contribution in [2.24, 2.45) is 4.99 Å². The Bertz CT molecular complexity index is 1860. The molecule has 0 saturated heterocycles. The van der Waals surface area contributed by atoms with Crippen LogP contribution in [-0.2, 0) is 9.53 Å². The van der Waals surface area contributed by atoms with E-state index in [4.69, 9.17) is 9.73 Å². The van der Waals surface area contributed by atoms with Gasteiger partial charge in [-0.2, -0.15) is 0 Å². The molecular formula is C33H36N4O3S2. The standard InChI is InChI=1S/C33H36N4O3S2/c1-19(2)40-32(39)29-21(4)34-33-37(30(29)23-9-15-27(41-8)16-10-23)31(38)28(42-33)18-24-17-20(3)36(22(24)5)26-13-11-25(12-14-26)35(6)7/h9-19,30H,1-8H3/b28-18-. The number of thioether (sulfide) groups is 1. The van der Waals surface area contributed by atoms with E-state index in [0.717, 1.165) is 38.8 Å². The largest absolute Gasteiger partial charge is 0.459 e. The number of benzene rings is 2. The third kappa shape index (κ3) is 5.51. The summed E-state index contributed by atoms with van der Waals surface area (Å²) in [6, 6.07) is 17.9. The third-order valence-corrected chi connectivity index (χ3v) is 9.12. The summed E-state index contributed by atoms with van der Waals surface area (Å²) in [5.41, 5.74) is 6.88. The summed E-state index contributed by atoms with van der Waals surface area (Å²) in [4.78, 5) is 35.9. The molecule has 1 unspecified atom stereocenters. The van der Waals surface area contributed by atoms with Gasteiger partial charge in [-0.15, -0.1) is 11.8 Å². The van der Waals surface area contributed by atoms with Gasteiger partial charge in [0.1, 0.15) is 0 Å². The van der Waals surface area contributed by atoms with Gasteiger partial charge in [-0.3, -0.25) is 9.36 Å². The lowest BCUT2D eigenvalue weighted by molar-refractivity contribution is -0.143. The van der Waals surface area contributed by atoms with Gasteiger partial charge in [-0.05, 0) is 101 Å². The van der Waals surface area contributed by atoms with Crippen LogP contribution in [0, 0.1) is 13.8 Å². The van der Waals surface area contributed by atoms with Crippen LogP contribution in [0.5, 0.6) is 0 Å². The molecular weight excluding hydrogens is 565 g/mol. The molecule has 4 aromatic rings. The SMILES string of the molecule is CSc1ccc(C2C(C(=O)OC(C)C)=C(C)N=c3s/c(=C\c4cc(C)n(-c5ccc(N(C)C)cc5)c4C)c(=O)n32)cc1. The number of ether oxygens (including phenoxy) is 1. The molecule has 9 heteroatoms. The molecule has 0 fully saturated rings. The number of thiazole rings is 1. The van der Waals surface area contributed by atoms with Crippen LogP contribution in [0.4, 0.5) is 5.69 Å². The number of nitrogens with zero attached hydrogens (tertiary/aromatic N) is 4. The Morgan fingerprint density at radius 1 is 1.07 bits per heavy atom. The summed E-state index contributed by atoms with van der Waals surface area (Å²) in [6.07, 6.45) is 3.66. The van der Waals surface area contributed by atoms with Gasteiger partial charge < -0.3 is 14.2 Å². The minimum atomic E-state index is -0.631. The number of hydrogen-bond acceptors (Lipinski definition) is 7. The average molecular weight is 601 g/mol. The monoisotopic (exact) mass is 600 g/mol. The Balaban J connectivity index is 1.65. The van der Waals surface area contributed by atoms with Crippen molar-refractivity contribution in [3.63, 3.8) is 0 Å². The second-order valence-electron chi connectivity index (χ2n) is 10.9. The summed E-state index contributed by atoms with van der Waals surface area (Å²) in [6.45, 7) is 9.58. The molecule has 2 aromatic carbocycles. The Morgan fingerprint density at radius 2 is 1.74 bits per heavy atom. The van der Waals surface area contributed by atoms with Crippen LogP contribution in [0.3, 0.4) is 0 Å². The molecule has 218 valence electrons. The lowest BCUT2D eigenvalue weighted by Crippen LogP contribution is -2.40. The molecule has 7 nitrogen and oxygen atoms in total. The average Bonchev–Trinajstić information content (AvgIpc) is 3.41. The number of rotatable bonds is 7. The first-order valence-corrected chi connectivity index (χ1v) is 15.9. The molecule has 1 atom stereocenters. The van der Waals surface area contributed by atoms with E-state index in [0.29, 0.717) is 20.6 Å². The lowest BCUT2D eigenvalue weighted by Gasteiger charge is -2.25. The molecule has 0 amide bonds. The van der Waals surface area contributed by atoms with Crippen LogP contribution >= 0.6 is 23.1 Å². The molecule has 3 heterocycles. The zero-order valence-corrected chi connectivity index (χ0v) is 26.9. The summed E-state index contributed by atoms with van der Waals surface area (Å²) < 4.78 is 10.0. The summed E-state index contributed by atoms with van der Waals surface area (Å²) >= 11 is 2.98. The smallest absolute Gasteiger partial charge is 0.338 e. The van der Waals surface area contributed by atoms with Gasteiger partial charge in [0.15, 0.2) is 4.80 Å². The van der Waals surface area contributed by atoms with Crippen LogP contribution in [0.2, 0.25) is 0 Å². The van der Waals surface area contributed by atoms with Crippen LogP contribution < -0.4 is 19.8 Å². The molecule has 0 bridgehead atoms. The van der Waals surface area contributed by atoms with Crippen LogP contribution in [-0.4, -0.2) is 41.6 Å². The predicted octanol–water partition coefficient (Wildman–Crippen LogP) is 5.38. The summed E-state index contributed by atoms with van der Waals surface area (Å²) in [7, 11) is 4.05. The Kier molecular flexibility index (Phi) is 8.35. The maximum Gasteiger partial charge on any atom is 0.338 e. The van der Waals surface area contributed by atoms with Crippen molar-refractivity contribution in [1.29, 1.82) is 0 Å². The molecule has 42 heavy (non-hydrogen) atoms. The van der Waals surface area contributed by atoms with E-state index < -0.39 is 12.0 Å². The van der Waals surface area contributed by atoms with Gasteiger partial charge >= 0.3 is 5.97 Å². The van der Waals surface area contributed by atoms with Crippen molar-refractivity contribution >= 4 is 40.8 Å². The van der Waals surface area contributed by atoms with Crippen LogP contribution in [0.1, 0.15) is 49.3 Å². The van der Waals surface area contributed by atoms with Gasteiger partial charge in [-0.1, -0.05) is 23.5 Å². The van der Waals surface area contributed by atoms with Crippen molar-refractivity contribution < 1.29 is 9.53 Å². The predicted molar refractivity (Wildman–Crippen MR) is 173 cm³/mol. The molecule has 0 saturated carbocycles. The number of carbonyl (C=O) groups excluding carboxylic acids is 1. The van der Waals surface area contributed by atoms with Crippen molar-refractivity contribution in [2.45, 2.75) is 51.7 Å². The van der Waals surface area contributed by atoms with E-state index in [-0.39, 0.29) is 11.7 Å². The molecule has 0 aliphatic carbocycles. The minimum absolute atomic E-state index is 0.180. The zero-order valence-electron chi connectivity index (χ0n) is 25.3. The lowest BCUT2D eigenvalue weighted by atomic mass is 9.96. The number of carbonyl (C=O) groups is 1. The van der Waals surface area contributed by atoms with E-state index in [1.165, 1.54) is 11.3 Å². The second kappa shape index (κ2) is 11.8. The fourth-order valence-electron chi connectivity index (χ4n) is 5.33.